The number of phenolic OH excluding ortho intramolecular Hbond substituents is 2. The number of nitrogen functional groups attached to an aromatic ring is 1. The average Bonchev–Trinajstić information content (AvgIpc) is 2.75. The van der Waals surface area contributed by atoms with Crippen LogP contribution in [0.5, 0.6) is 11.5 Å². The Morgan fingerprint density at radius 2 is 1.32 bits per heavy atom. The third-order valence-corrected chi connectivity index (χ3v) is 4.53. The predicted octanol–water partition coefficient (Wildman–Crippen LogP) is 4.88. The van der Waals surface area contributed by atoms with Gasteiger partial charge in [0.25, 0.3) is 0 Å². The number of anilines is 1. The standard InChI is InChI=1S/C11H13NO5.C11H15NO3.2CH4/c1-3-17-11(14)7(2)8-4-5-10(13)9(6-8)12(15)16;1-3-15-11(14)7(2)8-4-5-10(13)9(12)6-8;;/h4-7,13H,3H2,1-2H3;4-7,13H,3,12H2,1-2H3;2*1H4. The van der Waals surface area contributed by atoms with Gasteiger partial charge in [0.15, 0.2) is 5.75 Å². The number of carbonyl (C=O) groups excluding carboxylic acids is 2. The first kappa shape index (κ1) is 32.4. The van der Waals surface area contributed by atoms with Gasteiger partial charge in [0.1, 0.15) is 5.75 Å². The second-order valence-corrected chi connectivity index (χ2v) is 6.77. The molecule has 2 rings (SSSR count). The van der Waals surface area contributed by atoms with E-state index in [2.05, 4.69) is 0 Å². The fraction of sp³-hybridized carbons (Fsp3) is 0.417. The molecule has 0 heterocycles. The quantitative estimate of drug-likeness (QED) is 0.165. The van der Waals surface area contributed by atoms with E-state index in [1.54, 1.807) is 39.8 Å². The van der Waals surface area contributed by atoms with Gasteiger partial charge in [-0.3, -0.25) is 19.7 Å². The first-order valence-electron chi connectivity index (χ1n) is 9.92. The number of aromatic hydroxyl groups is 2. The number of carbonyl (C=O) groups is 2. The average molecular weight is 481 g/mol. The minimum absolute atomic E-state index is 0. The fourth-order valence-corrected chi connectivity index (χ4v) is 2.61. The van der Waals surface area contributed by atoms with Crippen molar-refractivity contribution in [2.75, 3.05) is 18.9 Å². The van der Waals surface area contributed by atoms with Crippen molar-refractivity contribution in [3.8, 4) is 11.5 Å². The van der Waals surface area contributed by atoms with Crippen LogP contribution in [0.1, 0.15) is 65.5 Å². The van der Waals surface area contributed by atoms with Gasteiger partial charge in [-0.2, -0.15) is 0 Å². The van der Waals surface area contributed by atoms with Crippen LogP contribution in [0.25, 0.3) is 0 Å². The predicted molar refractivity (Wildman–Crippen MR) is 131 cm³/mol. The van der Waals surface area contributed by atoms with Crippen LogP contribution in [0.15, 0.2) is 36.4 Å². The van der Waals surface area contributed by atoms with Gasteiger partial charge < -0.3 is 25.4 Å². The molecule has 0 bridgehead atoms. The fourth-order valence-electron chi connectivity index (χ4n) is 2.61. The van der Waals surface area contributed by atoms with E-state index in [1.807, 2.05) is 0 Å². The van der Waals surface area contributed by atoms with Crippen LogP contribution in [-0.2, 0) is 19.1 Å². The van der Waals surface area contributed by atoms with Crippen molar-refractivity contribution in [2.45, 2.75) is 54.4 Å². The van der Waals surface area contributed by atoms with Crippen LogP contribution >= 0.6 is 0 Å². The van der Waals surface area contributed by atoms with Crippen LogP contribution in [0.2, 0.25) is 0 Å². The van der Waals surface area contributed by atoms with Gasteiger partial charge in [0.2, 0.25) is 0 Å². The molecule has 0 amide bonds. The molecule has 4 N–H and O–H groups in total. The molecular formula is C24H36N2O8. The summed E-state index contributed by atoms with van der Waals surface area (Å²) in [5.74, 6) is -2.11. The summed E-state index contributed by atoms with van der Waals surface area (Å²) in [5.41, 5.74) is 6.56. The summed E-state index contributed by atoms with van der Waals surface area (Å²) in [4.78, 5) is 32.8. The van der Waals surface area contributed by atoms with Crippen molar-refractivity contribution in [3.63, 3.8) is 0 Å². The second kappa shape index (κ2) is 15.1. The third-order valence-electron chi connectivity index (χ3n) is 4.53. The number of nitrogens with zero attached hydrogens (tertiary/aromatic N) is 1. The maximum Gasteiger partial charge on any atom is 0.313 e. The van der Waals surface area contributed by atoms with Gasteiger partial charge in [0, 0.05) is 6.07 Å². The minimum Gasteiger partial charge on any atom is -0.506 e. The van der Waals surface area contributed by atoms with Crippen molar-refractivity contribution in [1.29, 1.82) is 0 Å². The van der Waals surface area contributed by atoms with Crippen molar-refractivity contribution >= 4 is 23.3 Å². The van der Waals surface area contributed by atoms with Gasteiger partial charge in [-0.25, -0.2) is 0 Å². The summed E-state index contributed by atoms with van der Waals surface area (Å²) in [6, 6.07) is 8.55. The largest absolute Gasteiger partial charge is 0.506 e. The van der Waals surface area contributed by atoms with E-state index in [9.17, 15) is 29.9 Å². The van der Waals surface area contributed by atoms with E-state index in [0.717, 1.165) is 5.56 Å². The molecule has 2 atom stereocenters. The Labute approximate surface area is 200 Å². The van der Waals surface area contributed by atoms with Gasteiger partial charge in [-0.1, -0.05) is 27.0 Å². The molecule has 10 nitrogen and oxygen atoms in total. The highest BCUT2D eigenvalue weighted by Crippen LogP contribution is 2.30. The second-order valence-electron chi connectivity index (χ2n) is 6.77. The van der Waals surface area contributed by atoms with Gasteiger partial charge in [0.05, 0.1) is 35.7 Å². The SMILES string of the molecule is C.C.CCOC(=O)C(C)c1ccc(O)c(N)c1.CCOC(=O)C(C)c1ccc(O)c([N+](=O)[O-])c1. The highest BCUT2D eigenvalue weighted by Gasteiger charge is 2.21. The molecule has 0 aliphatic rings. The summed E-state index contributed by atoms with van der Waals surface area (Å²) in [5, 5.41) is 29.1. The smallest absolute Gasteiger partial charge is 0.313 e. The maximum absolute atomic E-state index is 11.5. The molecule has 0 aliphatic carbocycles. The molecular weight excluding hydrogens is 444 g/mol. The number of nitro groups is 1. The first-order valence-corrected chi connectivity index (χ1v) is 9.92. The molecule has 34 heavy (non-hydrogen) atoms. The number of nitrogens with two attached hydrogens (primary N) is 1. The number of esters is 2. The zero-order valence-corrected chi connectivity index (χ0v) is 18.4. The molecule has 2 aromatic carbocycles. The lowest BCUT2D eigenvalue weighted by Crippen LogP contribution is -2.13. The lowest BCUT2D eigenvalue weighted by molar-refractivity contribution is -0.385. The van der Waals surface area contributed by atoms with Crippen molar-refractivity contribution in [2.24, 2.45) is 0 Å². The molecule has 0 saturated carbocycles. The molecule has 0 radical (unpaired) electrons. The van der Waals surface area contributed by atoms with E-state index in [0.29, 0.717) is 12.2 Å². The molecule has 0 fully saturated rings. The van der Waals surface area contributed by atoms with E-state index < -0.39 is 28.2 Å². The van der Waals surface area contributed by atoms with Crippen molar-refractivity contribution in [3.05, 3.63) is 57.6 Å². The Bertz CT molecular complexity index is 962. The lowest BCUT2D eigenvalue weighted by atomic mass is 10.0. The zero-order chi connectivity index (χ0) is 24.4. The zero-order valence-electron chi connectivity index (χ0n) is 18.4. The van der Waals surface area contributed by atoms with Crippen LogP contribution in [0.3, 0.4) is 0 Å². The number of hydrogen-bond acceptors (Lipinski definition) is 9. The van der Waals surface area contributed by atoms with Gasteiger partial charge in [-0.05, 0) is 57.0 Å². The van der Waals surface area contributed by atoms with Crippen molar-refractivity contribution < 1.29 is 34.2 Å². The Hall–Kier alpha value is -3.82. The number of rotatable bonds is 7. The highest BCUT2D eigenvalue weighted by atomic mass is 16.6. The molecule has 2 aromatic rings. The third kappa shape index (κ3) is 8.97. The van der Waals surface area contributed by atoms with Gasteiger partial charge >= 0.3 is 17.6 Å². The molecule has 2 unspecified atom stereocenters. The highest BCUT2D eigenvalue weighted by molar-refractivity contribution is 5.79. The monoisotopic (exact) mass is 480 g/mol. The minimum atomic E-state index is -0.698. The maximum atomic E-state index is 11.5. The summed E-state index contributed by atoms with van der Waals surface area (Å²) in [6.07, 6.45) is 0. The first-order chi connectivity index (χ1) is 15.0. The van der Waals surface area contributed by atoms with Crippen molar-refractivity contribution in [1.82, 2.24) is 0 Å². The number of ether oxygens (including phenoxy) is 2. The molecule has 190 valence electrons. The summed E-state index contributed by atoms with van der Waals surface area (Å²) in [7, 11) is 0. The number of nitro benzene ring substituents is 1. The van der Waals surface area contributed by atoms with E-state index >= 15 is 0 Å². The summed E-state index contributed by atoms with van der Waals surface area (Å²) in [6.45, 7) is 7.39. The Balaban J connectivity index is 0. The van der Waals surface area contributed by atoms with Gasteiger partial charge in [-0.15, -0.1) is 0 Å². The molecule has 10 heteroatoms. The normalized spacial score (nSPS) is 11.3. The Kier molecular flexibility index (Phi) is 14.4. The van der Waals surface area contributed by atoms with Crippen LogP contribution in [0.4, 0.5) is 11.4 Å². The lowest BCUT2D eigenvalue weighted by Gasteiger charge is -2.11. The summed E-state index contributed by atoms with van der Waals surface area (Å²) >= 11 is 0. The Morgan fingerprint density at radius 1 is 0.912 bits per heavy atom. The molecule has 0 aliphatic heterocycles. The number of benzene rings is 2. The van der Waals surface area contributed by atoms with E-state index in [-0.39, 0.29) is 44.8 Å². The van der Waals surface area contributed by atoms with Crippen LogP contribution < -0.4 is 5.73 Å². The number of phenols is 2. The van der Waals surface area contributed by atoms with E-state index in [1.165, 1.54) is 24.3 Å². The van der Waals surface area contributed by atoms with Crippen LogP contribution in [0, 0.1) is 10.1 Å². The molecule has 0 aromatic heterocycles. The van der Waals surface area contributed by atoms with Crippen LogP contribution in [-0.4, -0.2) is 40.3 Å². The van der Waals surface area contributed by atoms with E-state index in [4.69, 9.17) is 15.2 Å². The molecule has 0 saturated heterocycles. The molecule has 0 spiro atoms. The summed E-state index contributed by atoms with van der Waals surface area (Å²) < 4.78 is 9.70. The Morgan fingerprint density at radius 3 is 1.71 bits per heavy atom. The topological polar surface area (TPSA) is 162 Å². The number of hydrogen-bond donors (Lipinski definition) is 3.